The maximum atomic E-state index is 9.64. The Labute approximate surface area is 118 Å². The van der Waals surface area contributed by atoms with E-state index in [9.17, 15) is 9.59 Å². The van der Waals surface area contributed by atoms with Crippen LogP contribution in [0.25, 0.3) is 0 Å². The van der Waals surface area contributed by atoms with Gasteiger partial charge in [0.15, 0.2) is 0 Å². The molecule has 110 valence electrons. The Hall–Kier alpha value is -2.36. The van der Waals surface area contributed by atoms with Crippen LogP contribution < -0.4 is 5.73 Å². The Morgan fingerprint density at radius 1 is 1.05 bits per heavy atom. The van der Waals surface area contributed by atoms with E-state index in [2.05, 4.69) is 12.8 Å². The van der Waals surface area contributed by atoms with Crippen molar-refractivity contribution >= 4 is 11.9 Å². The summed E-state index contributed by atoms with van der Waals surface area (Å²) in [6.45, 7) is 0.895. The zero-order valence-electron chi connectivity index (χ0n) is 11.1. The van der Waals surface area contributed by atoms with Gasteiger partial charge in [0.1, 0.15) is 0 Å². The predicted octanol–water partition coefficient (Wildman–Crippen LogP) is 1.30. The molecule has 1 aromatic carbocycles. The number of benzene rings is 1. The number of carbonyl (C=O) groups is 2. The lowest BCUT2D eigenvalue weighted by Gasteiger charge is -1.98. The van der Waals surface area contributed by atoms with Gasteiger partial charge in [-0.05, 0) is 5.56 Å². The van der Waals surface area contributed by atoms with Gasteiger partial charge in [-0.25, -0.2) is 0 Å². The number of rotatable bonds is 6. The van der Waals surface area contributed by atoms with Crippen molar-refractivity contribution in [3.05, 3.63) is 35.9 Å². The van der Waals surface area contributed by atoms with E-state index in [1.165, 1.54) is 0 Å². The number of hydrogen-bond donors (Lipinski definition) is 3. The van der Waals surface area contributed by atoms with Gasteiger partial charge >= 0.3 is 11.9 Å². The summed E-state index contributed by atoms with van der Waals surface area (Å²) in [5, 5.41) is 15.8. The van der Waals surface area contributed by atoms with E-state index < -0.39 is 11.9 Å². The molecule has 0 bridgehead atoms. The molecule has 0 atom stereocenters. The van der Waals surface area contributed by atoms with Crippen molar-refractivity contribution in [3.63, 3.8) is 0 Å². The van der Waals surface area contributed by atoms with E-state index in [0.29, 0.717) is 6.61 Å². The van der Waals surface area contributed by atoms with Gasteiger partial charge in [0.2, 0.25) is 0 Å². The summed E-state index contributed by atoms with van der Waals surface area (Å²) < 4.78 is 5.00. The van der Waals surface area contributed by atoms with Gasteiger partial charge in [0.25, 0.3) is 0 Å². The minimum atomic E-state index is -1.08. The lowest BCUT2D eigenvalue weighted by Crippen LogP contribution is -2.03. The van der Waals surface area contributed by atoms with Crippen LogP contribution in [0.5, 0.6) is 0 Å². The van der Waals surface area contributed by atoms with E-state index in [4.69, 9.17) is 20.7 Å². The van der Waals surface area contributed by atoms with Crippen molar-refractivity contribution in [1.29, 1.82) is 0 Å². The van der Waals surface area contributed by atoms with E-state index >= 15 is 0 Å². The molecule has 0 amide bonds. The number of carboxylic acids is 2. The minimum Gasteiger partial charge on any atom is -0.481 e. The van der Waals surface area contributed by atoms with Crippen LogP contribution in [0.1, 0.15) is 18.4 Å². The fraction of sp³-hybridized carbons (Fsp3) is 0.286. The standard InChI is InChI=1S/C8H11NO.C4H6O4.C2H2/c9-7-10-6-8-4-2-1-3-5-8;5-3(6)1-2-4(7)8;1-2/h1-5H,6-7,9H2;1-2H2,(H,5,6)(H,7,8);1-2H. The Morgan fingerprint density at radius 2 is 1.50 bits per heavy atom. The quantitative estimate of drug-likeness (QED) is 0.535. The average molecular weight is 281 g/mol. The maximum Gasteiger partial charge on any atom is 0.303 e. The topological polar surface area (TPSA) is 110 Å². The second-order valence-electron chi connectivity index (χ2n) is 3.29. The number of carboxylic acid groups (broad SMARTS) is 2. The van der Waals surface area contributed by atoms with Crippen LogP contribution in [0, 0.1) is 12.8 Å². The average Bonchev–Trinajstić information content (AvgIpc) is 2.47. The van der Waals surface area contributed by atoms with Crippen LogP contribution in [-0.2, 0) is 20.9 Å². The van der Waals surface area contributed by atoms with Gasteiger partial charge in [-0.2, -0.15) is 0 Å². The number of hydrogen-bond acceptors (Lipinski definition) is 4. The van der Waals surface area contributed by atoms with Crippen LogP contribution >= 0.6 is 0 Å². The Balaban J connectivity index is 0. The highest BCUT2D eigenvalue weighted by Gasteiger charge is 2.00. The Bertz CT molecular complexity index is 375. The fourth-order valence-corrected chi connectivity index (χ4v) is 0.965. The third kappa shape index (κ3) is 15.6. The van der Waals surface area contributed by atoms with Crippen molar-refractivity contribution in [2.45, 2.75) is 19.4 Å². The summed E-state index contributed by atoms with van der Waals surface area (Å²) in [6.07, 6.45) is 7.41. The molecule has 0 radical (unpaired) electrons. The second kappa shape index (κ2) is 14.7. The molecule has 20 heavy (non-hydrogen) atoms. The molecule has 0 fully saturated rings. The number of aliphatic carboxylic acids is 2. The molecule has 0 aromatic heterocycles. The molecule has 0 heterocycles. The third-order valence-corrected chi connectivity index (χ3v) is 1.78. The summed E-state index contributed by atoms with van der Waals surface area (Å²) in [5.41, 5.74) is 6.31. The lowest BCUT2D eigenvalue weighted by atomic mass is 10.2. The van der Waals surface area contributed by atoms with Crippen LogP contribution in [0.2, 0.25) is 0 Å². The van der Waals surface area contributed by atoms with E-state index in [1.807, 2.05) is 30.3 Å². The normalized spacial score (nSPS) is 8.35. The predicted molar refractivity (Wildman–Crippen MR) is 74.7 cm³/mol. The number of nitrogens with two attached hydrogens (primary N) is 1. The van der Waals surface area contributed by atoms with Gasteiger partial charge < -0.3 is 20.7 Å². The van der Waals surface area contributed by atoms with Crippen molar-refractivity contribution in [2.24, 2.45) is 5.73 Å². The molecule has 4 N–H and O–H groups in total. The van der Waals surface area contributed by atoms with Gasteiger partial charge in [0, 0.05) is 0 Å². The molecule has 0 saturated carbocycles. The zero-order valence-corrected chi connectivity index (χ0v) is 11.1. The van der Waals surface area contributed by atoms with Crippen molar-refractivity contribution in [2.75, 3.05) is 6.73 Å². The van der Waals surface area contributed by atoms with Gasteiger partial charge in [0.05, 0.1) is 26.2 Å². The van der Waals surface area contributed by atoms with Crippen LogP contribution in [0.4, 0.5) is 0 Å². The summed E-state index contributed by atoms with van der Waals surface area (Å²) in [6, 6.07) is 9.96. The SMILES string of the molecule is C#C.NCOCc1ccccc1.O=C(O)CCC(=O)O. The van der Waals surface area contributed by atoms with Gasteiger partial charge in [-0.3, -0.25) is 9.59 Å². The van der Waals surface area contributed by atoms with Crippen molar-refractivity contribution in [3.8, 4) is 12.8 Å². The van der Waals surface area contributed by atoms with Gasteiger partial charge in [-0.15, -0.1) is 12.8 Å². The highest BCUT2D eigenvalue weighted by Crippen LogP contribution is 1.98. The maximum absolute atomic E-state index is 9.64. The number of ether oxygens (including phenoxy) is 1. The summed E-state index contributed by atoms with van der Waals surface area (Å²) >= 11 is 0. The van der Waals surface area contributed by atoms with Crippen LogP contribution in [0.3, 0.4) is 0 Å². The zero-order chi connectivity index (χ0) is 15.8. The molecule has 0 aliphatic carbocycles. The Morgan fingerprint density at radius 3 is 1.85 bits per heavy atom. The molecule has 0 spiro atoms. The highest BCUT2D eigenvalue weighted by molar-refractivity contribution is 5.75. The highest BCUT2D eigenvalue weighted by atomic mass is 16.5. The summed E-state index contributed by atoms with van der Waals surface area (Å²) in [7, 11) is 0. The van der Waals surface area contributed by atoms with Crippen molar-refractivity contribution < 1.29 is 24.5 Å². The molecular formula is C14H19NO5. The molecule has 0 saturated heterocycles. The third-order valence-electron chi connectivity index (χ3n) is 1.78. The molecule has 6 heteroatoms. The molecule has 1 rings (SSSR count). The molecule has 1 aromatic rings. The first-order chi connectivity index (χ1) is 9.56. The molecule has 0 unspecified atom stereocenters. The van der Waals surface area contributed by atoms with Crippen LogP contribution in [0.15, 0.2) is 30.3 Å². The summed E-state index contributed by atoms with van der Waals surface area (Å²) in [5.74, 6) is -2.15. The molecule has 6 nitrogen and oxygen atoms in total. The minimum absolute atomic E-state index is 0.287. The first kappa shape index (κ1) is 20.0. The monoisotopic (exact) mass is 281 g/mol. The fourth-order valence-electron chi connectivity index (χ4n) is 0.965. The van der Waals surface area contributed by atoms with E-state index in [-0.39, 0.29) is 19.6 Å². The van der Waals surface area contributed by atoms with E-state index in [0.717, 1.165) is 5.56 Å². The first-order valence-electron chi connectivity index (χ1n) is 5.65. The van der Waals surface area contributed by atoms with E-state index in [1.54, 1.807) is 0 Å². The molecule has 0 aliphatic heterocycles. The Kier molecular flexibility index (Phi) is 14.7. The largest absolute Gasteiger partial charge is 0.481 e. The molecular weight excluding hydrogens is 262 g/mol. The summed E-state index contributed by atoms with van der Waals surface area (Å²) in [4.78, 5) is 19.3. The van der Waals surface area contributed by atoms with Crippen LogP contribution in [-0.4, -0.2) is 28.9 Å². The lowest BCUT2D eigenvalue weighted by molar-refractivity contribution is -0.143. The van der Waals surface area contributed by atoms with Gasteiger partial charge in [-0.1, -0.05) is 30.3 Å². The molecule has 0 aliphatic rings. The van der Waals surface area contributed by atoms with Crippen molar-refractivity contribution in [1.82, 2.24) is 0 Å². The first-order valence-corrected chi connectivity index (χ1v) is 5.65. The number of terminal acetylenes is 1. The smallest absolute Gasteiger partial charge is 0.303 e. The second-order valence-corrected chi connectivity index (χ2v) is 3.29.